The summed E-state index contributed by atoms with van der Waals surface area (Å²) in [6, 6.07) is 14.1. The Labute approximate surface area is 149 Å². The van der Waals surface area contributed by atoms with Crippen LogP contribution in [0.4, 0.5) is 4.39 Å². The van der Waals surface area contributed by atoms with E-state index in [-0.39, 0.29) is 17.4 Å². The summed E-state index contributed by atoms with van der Waals surface area (Å²) in [4.78, 5) is 25.7. The largest absolute Gasteiger partial charge is 0.355 e. The van der Waals surface area contributed by atoms with Crippen molar-refractivity contribution in [2.45, 2.75) is 19.3 Å². The lowest BCUT2D eigenvalue weighted by Gasteiger charge is -2.13. The van der Waals surface area contributed by atoms with Crippen LogP contribution in [0.15, 0.2) is 53.3 Å². The van der Waals surface area contributed by atoms with Crippen molar-refractivity contribution in [1.82, 2.24) is 20.5 Å². The number of aromatic nitrogens is 3. The maximum Gasteiger partial charge on any atom is 0.340 e. The van der Waals surface area contributed by atoms with E-state index in [1.165, 1.54) is 6.07 Å². The van der Waals surface area contributed by atoms with E-state index in [1.807, 2.05) is 30.3 Å². The summed E-state index contributed by atoms with van der Waals surface area (Å²) >= 11 is 0. The minimum absolute atomic E-state index is 0.213. The van der Waals surface area contributed by atoms with Gasteiger partial charge in [0.25, 0.3) is 0 Å². The number of hydrogen-bond acceptors (Lipinski definition) is 3. The lowest BCUT2D eigenvalue weighted by molar-refractivity contribution is -0.122. The number of rotatable bonds is 6. The number of nitrogens with zero attached hydrogens (tertiary/aromatic N) is 1. The van der Waals surface area contributed by atoms with Crippen LogP contribution in [0.5, 0.6) is 0 Å². The van der Waals surface area contributed by atoms with E-state index < -0.39 is 5.92 Å². The molecule has 7 heteroatoms. The molecule has 6 nitrogen and oxygen atoms in total. The average molecular weight is 354 g/mol. The van der Waals surface area contributed by atoms with Crippen molar-refractivity contribution in [2.75, 3.05) is 6.54 Å². The Morgan fingerprint density at radius 1 is 1.23 bits per heavy atom. The van der Waals surface area contributed by atoms with Gasteiger partial charge < -0.3 is 5.32 Å². The molecule has 0 spiro atoms. The number of amides is 1. The molecule has 3 N–H and O–H groups in total. The Kier molecular flexibility index (Phi) is 5.26. The van der Waals surface area contributed by atoms with Crippen LogP contribution < -0.4 is 11.0 Å². The van der Waals surface area contributed by atoms with Gasteiger partial charge in [-0.2, -0.15) is 5.10 Å². The van der Waals surface area contributed by atoms with Crippen molar-refractivity contribution < 1.29 is 9.18 Å². The van der Waals surface area contributed by atoms with Crippen LogP contribution in [0.1, 0.15) is 24.2 Å². The van der Waals surface area contributed by atoms with Crippen LogP contribution in [-0.4, -0.2) is 27.6 Å². The molecule has 0 aliphatic carbocycles. The molecular formula is C19H19FN4O2. The van der Waals surface area contributed by atoms with Crippen LogP contribution in [0.25, 0.3) is 11.1 Å². The highest BCUT2D eigenvalue weighted by atomic mass is 19.1. The third-order valence-electron chi connectivity index (χ3n) is 4.18. The normalized spacial score (nSPS) is 11.9. The number of halogens is 1. The molecule has 0 saturated carbocycles. The van der Waals surface area contributed by atoms with E-state index >= 15 is 0 Å². The van der Waals surface area contributed by atoms with Gasteiger partial charge in [0, 0.05) is 18.5 Å². The molecule has 1 amide bonds. The number of carbonyl (C=O) groups excluding carboxylic acids is 1. The molecule has 26 heavy (non-hydrogen) atoms. The standard InChI is InChI=1S/C19H19FN4O2/c1-12(18(25)21-10-9-17-22-19(26)24-23-17)14-7-8-15(16(20)11-14)13-5-3-2-4-6-13/h2-8,11-12H,9-10H2,1H3,(H,21,25)(H2,22,23,24,26)/t12-/m0/s1. The molecular weight excluding hydrogens is 335 g/mol. The average Bonchev–Trinajstić information content (AvgIpc) is 3.06. The summed E-state index contributed by atoms with van der Waals surface area (Å²) in [5, 5.41) is 8.80. The SMILES string of the molecule is C[C@H](C(=O)NCCc1n[nH]c(=O)[nH]1)c1ccc(-c2ccccc2)c(F)c1. The van der Waals surface area contributed by atoms with E-state index in [1.54, 1.807) is 19.1 Å². The first-order valence-electron chi connectivity index (χ1n) is 8.30. The molecule has 1 heterocycles. The summed E-state index contributed by atoms with van der Waals surface area (Å²) < 4.78 is 14.5. The Bertz CT molecular complexity index is 949. The van der Waals surface area contributed by atoms with Crippen LogP contribution in [0.2, 0.25) is 0 Å². The highest BCUT2D eigenvalue weighted by Crippen LogP contribution is 2.26. The lowest BCUT2D eigenvalue weighted by atomic mass is 9.96. The first-order chi connectivity index (χ1) is 12.5. The zero-order valence-electron chi connectivity index (χ0n) is 14.3. The van der Waals surface area contributed by atoms with Gasteiger partial charge in [-0.1, -0.05) is 42.5 Å². The molecule has 2 aromatic carbocycles. The summed E-state index contributed by atoms with van der Waals surface area (Å²) in [7, 11) is 0. The van der Waals surface area contributed by atoms with Crippen molar-refractivity contribution in [3.63, 3.8) is 0 Å². The molecule has 3 aromatic rings. The monoisotopic (exact) mass is 354 g/mol. The maximum absolute atomic E-state index is 14.5. The summed E-state index contributed by atoms with van der Waals surface area (Å²) in [6.07, 6.45) is 0.401. The molecule has 3 rings (SSSR count). The second kappa shape index (κ2) is 7.77. The summed E-state index contributed by atoms with van der Waals surface area (Å²) in [6.45, 7) is 2.05. The molecule has 0 aliphatic heterocycles. The maximum atomic E-state index is 14.5. The van der Waals surface area contributed by atoms with Crippen LogP contribution in [0, 0.1) is 5.82 Å². The van der Waals surface area contributed by atoms with Crippen LogP contribution in [-0.2, 0) is 11.2 Å². The Hall–Kier alpha value is -3.22. The number of carbonyl (C=O) groups is 1. The van der Waals surface area contributed by atoms with Gasteiger partial charge in [0.2, 0.25) is 5.91 Å². The number of nitrogens with one attached hydrogen (secondary N) is 3. The minimum atomic E-state index is -0.493. The zero-order chi connectivity index (χ0) is 18.5. The second-order valence-electron chi connectivity index (χ2n) is 5.99. The molecule has 0 aliphatic rings. The fraction of sp³-hybridized carbons (Fsp3) is 0.211. The van der Waals surface area contributed by atoms with E-state index in [2.05, 4.69) is 20.5 Å². The molecule has 1 atom stereocenters. The smallest absolute Gasteiger partial charge is 0.340 e. The minimum Gasteiger partial charge on any atom is -0.355 e. The van der Waals surface area contributed by atoms with Gasteiger partial charge in [-0.05, 0) is 24.1 Å². The topological polar surface area (TPSA) is 90.6 Å². The fourth-order valence-electron chi connectivity index (χ4n) is 2.68. The van der Waals surface area contributed by atoms with Gasteiger partial charge in [-0.15, -0.1) is 0 Å². The Balaban J connectivity index is 1.63. The van der Waals surface area contributed by atoms with Gasteiger partial charge >= 0.3 is 5.69 Å². The van der Waals surface area contributed by atoms with Crippen molar-refractivity contribution in [3.05, 3.63) is 76.2 Å². The molecule has 1 aromatic heterocycles. The molecule has 0 unspecified atom stereocenters. The third-order valence-corrected chi connectivity index (χ3v) is 4.18. The summed E-state index contributed by atoms with van der Waals surface area (Å²) in [5.41, 5.74) is 1.52. The van der Waals surface area contributed by atoms with E-state index in [0.717, 1.165) is 5.56 Å². The van der Waals surface area contributed by atoms with Crippen molar-refractivity contribution in [2.24, 2.45) is 0 Å². The predicted molar refractivity (Wildman–Crippen MR) is 96.2 cm³/mol. The lowest BCUT2D eigenvalue weighted by Crippen LogP contribution is -2.30. The van der Waals surface area contributed by atoms with Gasteiger partial charge in [-0.25, -0.2) is 14.3 Å². The van der Waals surface area contributed by atoms with Gasteiger partial charge in [0.15, 0.2) is 0 Å². The van der Waals surface area contributed by atoms with E-state index in [9.17, 15) is 14.0 Å². The quantitative estimate of drug-likeness (QED) is 0.635. The van der Waals surface area contributed by atoms with Gasteiger partial charge in [0.05, 0.1) is 5.92 Å². The first-order valence-corrected chi connectivity index (χ1v) is 8.30. The summed E-state index contributed by atoms with van der Waals surface area (Å²) in [5.74, 6) is -0.592. The molecule has 134 valence electrons. The highest BCUT2D eigenvalue weighted by molar-refractivity contribution is 5.83. The Morgan fingerprint density at radius 2 is 2.00 bits per heavy atom. The van der Waals surface area contributed by atoms with Crippen molar-refractivity contribution in [1.29, 1.82) is 0 Å². The zero-order valence-corrected chi connectivity index (χ0v) is 14.3. The number of benzene rings is 2. The van der Waals surface area contributed by atoms with Crippen molar-refractivity contribution >= 4 is 5.91 Å². The molecule has 0 fully saturated rings. The molecule has 0 radical (unpaired) electrons. The molecule has 0 saturated heterocycles. The van der Waals surface area contributed by atoms with Crippen LogP contribution >= 0.6 is 0 Å². The fourth-order valence-corrected chi connectivity index (χ4v) is 2.68. The predicted octanol–water partition coefficient (Wildman–Crippen LogP) is 2.37. The van der Waals surface area contributed by atoms with E-state index in [4.69, 9.17) is 0 Å². The van der Waals surface area contributed by atoms with Crippen molar-refractivity contribution in [3.8, 4) is 11.1 Å². The highest BCUT2D eigenvalue weighted by Gasteiger charge is 2.17. The second-order valence-corrected chi connectivity index (χ2v) is 5.99. The first kappa shape index (κ1) is 17.6. The van der Waals surface area contributed by atoms with E-state index in [0.29, 0.717) is 29.9 Å². The molecule has 0 bridgehead atoms. The number of aromatic amines is 2. The van der Waals surface area contributed by atoms with Gasteiger partial charge in [-0.3, -0.25) is 9.78 Å². The van der Waals surface area contributed by atoms with Gasteiger partial charge in [0.1, 0.15) is 11.6 Å². The number of hydrogen-bond donors (Lipinski definition) is 3. The third kappa shape index (κ3) is 4.05. The number of H-pyrrole nitrogens is 2. The van der Waals surface area contributed by atoms with Crippen LogP contribution in [0.3, 0.4) is 0 Å². The Morgan fingerprint density at radius 3 is 2.65 bits per heavy atom.